The van der Waals surface area contributed by atoms with Gasteiger partial charge in [-0.05, 0) is 6.66 Å². The maximum atomic E-state index is 12.4. The molecular formula is C2H6F4N3P3. The second-order valence-electron chi connectivity index (χ2n) is 1.49. The number of hydrogen-bond acceptors (Lipinski definition) is 1. The zero-order valence-electron chi connectivity index (χ0n) is 6.20. The smallest absolute Gasteiger partial charge is 0.230 e. The summed E-state index contributed by atoms with van der Waals surface area (Å²) in [7, 11) is -9.49. The molecule has 0 rings (SSSR count). The molecule has 0 spiro atoms. The minimum absolute atomic E-state index is 0.00152. The van der Waals surface area contributed by atoms with Crippen molar-refractivity contribution in [1.82, 2.24) is 0 Å². The van der Waals surface area contributed by atoms with Gasteiger partial charge >= 0.3 is 15.7 Å². The van der Waals surface area contributed by atoms with Crippen LogP contribution in [0.25, 0.3) is 0 Å². The Morgan fingerprint density at radius 3 is 1.92 bits per heavy atom. The summed E-state index contributed by atoms with van der Waals surface area (Å²) in [5, 5.41) is 0. The SMILES string of the molecule is CN=P(F)(F)N=P(F)(F)N=PC. The molecule has 0 fully saturated rings. The monoisotopic (exact) mass is 241 g/mol. The number of nitrogens with zero attached hydrogens (tertiary/aromatic N) is 3. The van der Waals surface area contributed by atoms with Gasteiger partial charge in [-0.2, -0.15) is 4.52 Å². The molecule has 0 aliphatic carbocycles. The molecule has 0 radical (unpaired) electrons. The van der Waals surface area contributed by atoms with Crippen molar-refractivity contribution < 1.29 is 16.8 Å². The molecule has 0 aliphatic heterocycles. The summed E-state index contributed by atoms with van der Waals surface area (Å²) >= 11 is 0. The van der Waals surface area contributed by atoms with E-state index in [9.17, 15) is 16.8 Å². The van der Waals surface area contributed by atoms with Gasteiger partial charge in [-0.3, -0.25) is 0 Å². The maximum Gasteiger partial charge on any atom is 0.424 e. The molecule has 0 aromatic carbocycles. The number of halogens is 4. The summed E-state index contributed by atoms with van der Waals surface area (Å²) in [5.41, 5.74) is 0. The van der Waals surface area contributed by atoms with Crippen LogP contribution >= 0.6 is 24.0 Å². The van der Waals surface area contributed by atoms with Gasteiger partial charge in [0.1, 0.15) is 0 Å². The molecule has 0 saturated carbocycles. The second-order valence-corrected chi connectivity index (χ2v) is 5.54. The van der Waals surface area contributed by atoms with Crippen LogP contribution in [0, 0.1) is 0 Å². The largest absolute Gasteiger partial charge is 0.424 e. The van der Waals surface area contributed by atoms with Crippen LogP contribution in [0.15, 0.2) is 13.8 Å². The molecule has 3 nitrogen and oxygen atoms in total. The molecule has 0 aromatic rings. The lowest BCUT2D eigenvalue weighted by Crippen LogP contribution is -1.57. The molecule has 0 saturated heterocycles. The van der Waals surface area contributed by atoms with Crippen LogP contribution in [0.5, 0.6) is 0 Å². The first-order chi connectivity index (χ1) is 5.33. The van der Waals surface area contributed by atoms with Crippen molar-refractivity contribution in [3.05, 3.63) is 0 Å². The van der Waals surface area contributed by atoms with Crippen molar-refractivity contribution in [3.63, 3.8) is 0 Å². The Balaban J connectivity index is 5.02. The topological polar surface area (TPSA) is 37.1 Å². The molecule has 0 heterocycles. The molecule has 0 atom stereocenters. The fraction of sp³-hybridized carbons (Fsp3) is 1.00. The van der Waals surface area contributed by atoms with E-state index in [0.29, 0.717) is 0 Å². The minimum atomic E-state index is -5.14. The molecular weight excluding hydrogens is 235 g/mol. The van der Waals surface area contributed by atoms with E-state index in [2.05, 4.69) is 13.8 Å². The fourth-order valence-electron chi connectivity index (χ4n) is 0.295. The van der Waals surface area contributed by atoms with Gasteiger partial charge in [-0.15, -0.1) is 21.3 Å². The van der Waals surface area contributed by atoms with E-state index < -0.39 is 15.7 Å². The zero-order chi connectivity index (χ0) is 9.83. The molecule has 0 bridgehead atoms. The first kappa shape index (κ1) is 12.3. The van der Waals surface area contributed by atoms with Gasteiger partial charge in [0.05, 0.1) is 0 Å². The lowest BCUT2D eigenvalue weighted by atomic mass is 11.6. The van der Waals surface area contributed by atoms with Crippen LogP contribution in [-0.2, 0) is 0 Å². The van der Waals surface area contributed by atoms with E-state index in [4.69, 9.17) is 0 Å². The van der Waals surface area contributed by atoms with Gasteiger partial charge in [0.25, 0.3) is 0 Å². The Hall–Kier alpha value is 0.280. The quantitative estimate of drug-likeness (QED) is 0.473. The highest BCUT2D eigenvalue weighted by atomic mass is 31.3. The highest BCUT2D eigenvalue weighted by Gasteiger charge is 2.24. The van der Waals surface area contributed by atoms with E-state index in [1.807, 2.05) is 0 Å². The Morgan fingerprint density at radius 2 is 1.58 bits per heavy atom. The van der Waals surface area contributed by atoms with Crippen molar-refractivity contribution >= 4 is 24.0 Å². The van der Waals surface area contributed by atoms with E-state index in [1.165, 1.54) is 6.66 Å². The molecule has 0 amide bonds. The van der Waals surface area contributed by atoms with Gasteiger partial charge in [-0.25, -0.2) is 4.74 Å². The lowest BCUT2D eigenvalue weighted by Gasteiger charge is -1.99. The Bertz CT molecular complexity index is 273. The molecule has 10 heteroatoms. The van der Waals surface area contributed by atoms with Gasteiger partial charge in [0.2, 0.25) is 0 Å². The third-order valence-corrected chi connectivity index (χ3v) is 4.43. The molecule has 0 aromatic heterocycles. The Morgan fingerprint density at radius 1 is 1.08 bits per heavy atom. The summed E-state index contributed by atoms with van der Waals surface area (Å²) < 4.78 is 56.4. The normalized spacial score (nSPS) is 13.5. The van der Waals surface area contributed by atoms with E-state index in [-0.39, 0.29) is 8.37 Å². The first-order valence-electron chi connectivity index (χ1n) is 2.57. The lowest BCUT2D eigenvalue weighted by molar-refractivity contribution is 0.701. The van der Waals surface area contributed by atoms with Gasteiger partial charge in [0.15, 0.2) is 0 Å². The van der Waals surface area contributed by atoms with E-state index in [1.54, 1.807) is 0 Å². The first-order valence-corrected chi connectivity index (χ1v) is 6.82. The second kappa shape index (κ2) is 4.50. The van der Waals surface area contributed by atoms with Crippen LogP contribution in [-0.4, -0.2) is 13.7 Å². The number of rotatable bonds is 2. The summed E-state index contributed by atoms with van der Waals surface area (Å²) in [6.07, 6.45) is 0. The molecule has 0 N–H and O–H groups in total. The summed E-state index contributed by atoms with van der Waals surface area (Å²) in [4.78, 5) is 0. The summed E-state index contributed by atoms with van der Waals surface area (Å²) in [5.74, 6) is 0. The average Bonchev–Trinajstić information content (AvgIpc) is 1.85. The summed E-state index contributed by atoms with van der Waals surface area (Å²) in [6.45, 7) is 1.31. The van der Waals surface area contributed by atoms with Gasteiger partial charge < -0.3 is 0 Å². The average molecular weight is 241 g/mol. The highest BCUT2D eigenvalue weighted by molar-refractivity contribution is 7.67. The molecule has 12 heavy (non-hydrogen) atoms. The van der Waals surface area contributed by atoms with Crippen molar-refractivity contribution in [2.24, 2.45) is 13.8 Å². The minimum Gasteiger partial charge on any atom is -0.230 e. The van der Waals surface area contributed by atoms with Crippen molar-refractivity contribution in [2.75, 3.05) is 13.7 Å². The predicted molar refractivity (Wildman–Crippen MR) is 44.3 cm³/mol. The van der Waals surface area contributed by atoms with Gasteiger partial charge in [0, 0.05) is 15.4 Å². The molecule has 0 aliphatic rings. The highest BCUT2D eigenvalue weighted by Crippen LogP contribution is 2.68. The molecule has 72 valence electrons. The molecule has 0 unspecified atom stereocenters. The van der Waals surface area contributed by atoms with E-state index >= 15 is 0 Å². The predicted octanol–water partition coefficient (Wildman–Crippen LogP) is 5.15. The van der Waals surface area contributed by atoms with Crippen LogP contribution in [0.2, 0.25) is 0 Å². The fourth-order valence-corrected chi connectivity index (χ4v) is 2.98. The Labute approximate surface area is 69.2 Å². The van der Waals surface area contributed by atoms with E-state index in [0.717, 1.165) is 7.05 Å². The van der Waals surface area contributed by atoms with Crippen molar-refractivity contribution in [2.45, 2.75) is 0 Å². The third-order valence-electron chi connectivity index (χ3n) is 0.653. The number of hydrogen-bond donors (Lipinski definition) is 0. The third kappa shape index (κ3) is 5.02. The summed E-state index contributed by atoms with van der Waals surface area (Å²) in [6, 6.07) is 0. The van der Waals surface area contributed by atoms with Crippen LogP contribution in [0.4, 0.5) is 16.8 Å². The van der Waals surface area contributed by atoms with Crippen LogP contribution in [0.1, 0.15) is 0 Å². The standard InChI is InChI=1S/C2H6F4N3P3/c1-7-11(3,4)9-12(5,6)8-10-2/h1-2H3. The zero-order valence-corrected chi connectivity index (χ0v) is 8.88. The van der Waals surface area contributed by atoms with Gasteiger partial charge in [-0.1, -0.05) is 0 Å². The van der Waals surface area contributed by atoms with Crippen LogP contribution < -0.4 is 0 Å². The maximum absolute atomic E-state index is 12.4. The Kier molecular flexibility index (Phi) is 4.60. The van der Waals surface area contributed by atoms with Crippen molar-refractivity contribution in [3.8, 4) is 0 Å². The van der Waals surface area contributed by atoms with Crippen molar-refractivity contribution in [1.29, 1.82) is 0 Å². The van der Waals surface area contributed by atoms with Crippen LogP contribution in [0.3, 0.4) is 0 Å².